The van der Waals surface area contributed by atoms with Gasteiger partial charge in [0.1, 0.15) is 0 Å². The smallest absolute Gasteiger partial charge is 0.223 e. The number of aromatic nitrogens is 2. The lowest BCUT2D eigenvalue weighted by Gasteiger charge is -2.23. The van der Waals surface area contributed by atoms with Gasteiger partial charge in [0.15, 0.2) is 0 Å². The largest absolute Gasteiger partial charge is 0.380 e. The Morgan fingerprint density at radius 2 is 1.96 bits per heavy atom. The third kappa shape index (κ3) is 6.08. The van der Waals surface area contributed by atoms with Crippen LogP contribution in [0.25, 0.3) is 5.57 Å². The third-order valence-electron chi connectivity index (χ3n) is 5.64. The number of nitrogens with zero attached hydrogens (tertiary/aromatic N) is 3. The van der Waals surface area contributed by atoms with Gasteiger partial charge in [0.05, 0.1) is 5.69 Å². The Hall–Kier alpha value is -1.84. The normalized spacial score (nSPS) is 19.2. The average molecular weight is 369 g/mol. The SMILES string of the molecule is CCC/C=C/C(=C(/CC1CC1)N(C)C)c1ccnc(NC2CCCCC2)n1. The van der Waals surface area contributed by atoms with Crippen molar-refractivity contribution in [1.82, 2.24) is 14.9 Å². The van der Waals surface area contributed by atoms with Crippen LogP contribution in [-0.2, 0) is 0 Å². The van der Waals surface area contributed by atoms with Crippen LogP contribution in [0.3, 0.4) is 0 Å². The first-order chi connectivity index (χ1) is 13.2. The Morgan fingerprint density at radius 3 is 2.63 bits per heavy atom. The molecule has 0 unspecified atom stereocenters. The van der Waals surface area contributed by atoms with Crippen LogP contribution in [0, 0.1) is 5.92 Å². The van der Waals surface area contributed by atoms with E-state index in [9.17, 15) is 0 Å². The van der Waals surface area contributed by atoms with Crippen LogP contribution in [0.2, 0.25) is 0 Å². The van der Waals surface area contributed by atoms with Gasteiger partial charge >= 0.3 is 0 Å². The molecule has 1 aromatic heterocycles. The second-order valence-electron chi connectivity index (χ2n) is 8.34. The van der Waals surface area contributed by atoms with Crippen molar-refractivity contribution in [3.05, 3.63) is 35.8 Å². The van der Waals surface area contributed by atoms with Crippen LogP contribution < -0.4 is 5.32 Å². The number of hydrogen-bond acceptors (Lipinski definition) is 4. The van der Waals surface area contributed by atoms with E-state index in [1.165, 1.54) is 62.6 Å². The zero-order valence-corrected chi connectivity index (χ0v) is 17.4. The molecule has 1 N–H and O–H groups in total. The summed E-state index contributed by atoms with van der Waals surface area (Å²) in [6, 6.07) is 2.59. The quantitative estimate of drug-likeness (QED) is 0.572. The molecule has 3 rings (SSSR count). The molecule has 0 spiro atoms. The summed E-state index contributed by atoms with van der Waals surface area (Å²) in [4.78, 5) is 11.7. The summed E-state index contributed by atoms with van der Waals surface area (Å²) in [5, 5.41) is 3.58. The van der Waals surface area contributed by atoms with E-state index in [0.717, 1.165) is 30.4 Å². The van der Waals surface area contributed by atoms with Crippen molar-refractivity contribution in [2.45, 2.75) is 77.2 Å². The zero-order valence-electron chi connectivity index (χ0n) is 17.4. The molecule has 0 aromatic carbocycles. The second-order valence-corrected chi connectivity index (χ2v) is 8.34. The number of rotatable bonds is 9. The highest BCUT2D eigenvalue weighted by atomic mass is 15.1. The van der Waals surface area contributed by atoms with Crippen molar-refractivity contribution in [2.75, 3.05) is 19.4 Å². The van der Waals surface area contributed by atoms with Gasteiger partial charge in [-0.15, -0.1) is 0 Å². The molecular weight excluding hydrogens is 332 g/mol. The molecular formula is C23H36N4. The lowest BCUT2D eigenvalue weighted by Crippen LogP contribution is -2.23. The maximum Gasteiger partial charge on any atom is 0.223 e. The summed E-state index contributed by atoms with van der Waals surface area (Å²) in [7, 11) is 4.32. The molecule has 2 aliphatic rings. The Bertz CT molecular complexity index is 652. The van der Waals surface area contributed by atoms with E-state index in [-0.39, 0.29) is 0 Å². The van der Waals surface area contributed by atoms with Crippen LogP contribution in [0.15, 0.2) is 30.1 Å². The maximum atomic E-state index is 4.92. The van der Waals surface area contributed by atoms with E-state index in [1.807, 2.05) is 6.20 Å². The van der Waals surface area contributed by atoms with Gasteiger partial charge in [0, 0.05) is 37.6 Å². The lowest BCUT2D eigenvalue weighted by atomic mass is 9.96. The van der Waals surface area contributed by atoms with Crippen molar-refractivity contribution < 1.29 is 0 Å². The van der Waals surface area contributed by atoms with Crippen molar-refractivity contribution in [3.8, 4) is 0 Å². The summed E-state index contributed by atoms with van der Waals surface area (Å²) in [5.74, 6) is 1.63. The molecule has 0 atom stereocenters. The molecule has 0 saturated heterocycles. The van der Waals surface area contributed by atoms with Crippen molar-refractivity contribution in [2.24, 2.45) is 5.92 Å². The number of hydrogen-bond donors (Lipinski definition) is 1. The second kappa shape index (κ2) is 9.91. The topological polar surface area (TPSA) is 41.1 Å². The minimum absolute atomic E-state index is 0.525. The van der Waals surface area contributed by atoms with Crippen molar-refractivity contribution in [1.29, 1.82) is 0 Å². The predicted molar refractivity (Wildman–Crippen MR) is 115 cm³/mol. The standard InChI is InChI=1S/C23H36N4/c1-4-5-7-12-20(22(27(2)3)17-18-13-14-18)21-15-16-24-23(26-21)25-19-10-8-6-9-11-19/h7,12,15-16,18-19H,4-6,8-11,13-14,17H2,1-3H3,(H,24,25,26)/b12-7+,22-20+. The minimum Gasteiger partial charge on any atom is -0.380 e. The summed E-state index contributed by atoms with van der Waals surface area (Å²) >= 11 is 0. The molecule has 0 bridgehead atoms. The highest BCUT2D eigenvalue weighted by Crippen LogP contribution is 2.38. The van der Waals surface area contributed by atoms with Gasteiger partial charge in [-0.05, 0) is 50.5 Å². The minimum atomic E-state index is 0.525. The fourth-order valence-electron chi connectivity index (χ4n) is 3.83. The van der Waals surface area contributed by atoms with Gasteiger partial charge in [-0.25, -0.2) is 9.97 Å². The molecule has 4 nitrogen and oxygen atoms in total. The van der Waals surface area contributed by atoms with Gasteiger partial charge < -0.3 is 10.2 Å². The third-order valence-corrected chi connectivity index (χ3v) is 5.64. The number of anilines is 1. The molecule has 27 heavy (non-hydrogen) atoms. The Kier molecular flexibility index (Phi) is 7.31. The summed E-state index contributed by atoms with van der Waals surface area (Å²) in [6.07, 6.45) is 19.1. The maximum absolute atomic E-state index is 4.92. The number of allylic oxidation sites excluding steroid dienone is 4. The molecule has 1 aromatic rings. The van der Waals surface area contributed by atoms with E-state index in [4.69, 9.17) is 4.98 Å². The van der Waals surface area contributed by atoms with E-state index < -0.39 is 0 Å². The van der Waals surface area contributed by atoms with Crippen LogP contribution in [-0.4, -0.2) is 35.0 Å². The average Bonchev–Trinajstić information content (AvgIpc) is 3.49. The van der Waals surface area contributed by atoms with Crippen LogP contribution >= 0.6 is 0 Å². The highest BCUT2D eigenvalue weighted by molar-refractivity contribution is 5.74. The molecule has 4 heteroatoms. The van der Waals surface area contributed by atoms with Crippen molar-refractivity contribution >= 4 is 11.5 Å². The zero-order chi connectivity index (χ0) is 19.1. The number of unbranched alkanes of at least 4 members (excludes halogenated alkanes) is 1. The molecule has 2 aliphatic carbocycles. The van der Waals surface area contributed by atoms with Crippen LogP contribution in [0.1, 0.15) is 76.8 Å². The van der Waals surface area contributed by atoms with E-state index in [1.54, 1.807) is 0 Å². The lowest BCUT2D eigenvalue weighted by molar-refractivity contribution is 0.460. The fourth-order valence-corrected chi connectivity index (χ4v) is 3.83. The molecule has 0 aliphatic heterocycles. The molecule has 0 radical (unpaired) electrons. The predicted octanol–water partition coefficient (Wildman–Crippen LogP) is 5.65. The van der Waals surface area contributed by atoms with Gasteiger partial charge in [0.2, 0.25) is 5.95 Å². The molecule has 148 valence electrons. The molecule has 1 heterocycles. The Morgan fingerprint density at radius 1 is 1.19 bits per heavy atom. The van der Waals surface area contributed by atoms with Crippen molar-refractivity contribution in [3.63, 3.8) is 0 Å². The van der Waals surface area contributed by atoms with Gasteiger partial charge in [0.25, 0.3) is 0 Å². The van der Waals surface area contributed by atoms with Crippen LogP contribution in [0.4, 0.5) is 5.95 Å². The monoisotopic (exact) mass is 368 g/mol. The summed E-state index contributed by atoms with van der Waals surface area (Å²) < 4.78 is 0. The first-order valence-corrected chi connectivity index (χ1v) is 10.8. The van der Waals surface area contributed by atoms with Gasteiger partial charge in [-0.3, -0.25) is 0 Å². The first kappa shape index (κ1) is 19.9. The van der Waals surface area contributed by atoms with E-state index in [0.29, 0.717) is 6.04 Å². The highest BCUT2D eigenvalue weighted by Gasteiger charge is 2.25. The Balaban J connectivity index is 1.87. The Labute approximate surface area is 165 Å². The summed E-state index contributed by atoms with van der Waals surface area (Å²) in [6.45, 7) is 2.22. The van der Waals surface area contributed by atoms with Gasteiger partial charge in [-0.2, -0.15) is 0 Å². The van der Waals surface area contributed by atoms with E-state index in [2.05, 4.69) is 54.4 Å². The molecule has 0 amide bonds. The molecule has 2 fully saturated rings. The van der Waals surface area contributed by atoms with Crippen LogP contribution in [0.5, 0.6) is 0 Å². The van der Waals surface area contributed by atoms with E-state index >= 15 is 0 Å². The summed E-state index contributed by atoms with van der Waals surface area (Å²) in [5.41, 5.74) is 3.70. The molecule has 2 saturated carbocycles. The number of nitrogens with one attached hydrogen (secondary N) is 1. The van der Waals surface area contributed by atoms with Gasteiger partial charge in [-0.1, -0.05) is 44.8 Å². The fraction of sp³-hybridized carbons (Fsp3) is 0.652. The first-order valence-electron chi connectivity index (χ1n) is 10.8.